The molecule has 2 aromatic heterocycles. The third kappa shape index (κ3) is 6.35. The molecule has 1 fully saturated rings. The molecule has 0 radical (unpaired) electrons. The first-order chi connectivity index (χ1) is 21.1. The molecule has 226 valence electrons. The van der Waals surface area contributed by atoms with Gasteiger partial charge in [-0.1, -0.05) is 18.2 Å². The van der Waals surface area contributed by atoms with Crippen LogP contribution in [0.25, 0.3) is 11.0 Å². The zero-order chi connectivity index (χ0) is 30.8. The highest BCUT2D eigenvalue weighted by Gasteiger charge is 2.33. The molecule has 0 atom stereocenters. The van der Waals surface area contributed by atoms with Crippen molar-refractivity contribution < 1.29 is 22.7 Å². The summed E-state index contributed by atoms with van der Waals surface area (Å²) in [6, 6.07) is 17.7. The monoisotopic (exact) mass is 601 g/mol. The number of para-hydroxylation sites is 2. The van der Waals surface area contributed by atoms with Gasteiger partial charge in [0.25, 0.3) is 5.91 Å². The van der Waals surface area contributed by atoms with E-state index in [0.717, 1.165) is 41.8 Å². The number of ether oxygens (including phenoxy) is 1. The molecular formula is C32H30F3N7O2. The smallest absolute Gasteiger partial charge is 0.416 e. The number of H-pyrrole nitrogens is 1. The quantitative estimate of drug-likeness (QED) is 0.210. The lowest BCUT2D eigenvalue weighted by atomic mass is 10.1. The number of rotatable bonds is 7. The Labute approximate surface area is 251 Å². The Hall–Kier alpha value is -4.97. The zero-order valence-corrected chi connectivity index (χ0v) is 24.1. The van der Waals surface area contributed by atoms with Gasteiger partial charge in [-0.05, 0) is 80.9 Å². The molecule has 6 rings (SSSR count). The molecule has 9 nitrogen and oxygen atoms in total. The summed E-state index contributed by atoms with van der Waals surface area (Å²) in [4.78, 5) is 33.8. The van der Waals surface area contributed by atoms with Gasteiger partial charge >= 0.3 is 6.18 Å². The van der Waals surface area contributed by atoms with Gasteiger partial charge in [0.1, 0.15) is 24.0 Å². The fourth-order valence-electron chi connectivity index (χ4n) is 5.20. The number of likely N-dealkylation sites (tertiary alicyclic amines) is 1. The third-order valence-corrected chi connectivity index (χ3v) is 7.56. The maximum Gasteiger partial charge on any atom is 0.416 e. The van der Waals surface area contributed by atoms with Crippen LogP contribution in [0.3, 0.4) is 0 Å². The van der Waals surface area contributed by atoms with Gasteiger partial charge in [0.2, 0.25) is 5.95 Å². The molecule has 2 N–H and O–H groups in total. The Kier molecular flexibility index (Phi) is 7.92. The second-order valence-corrected chi connectivity index (χ2v) is 10.8. The standard InChI is InChI=1S/C32H30F3N7O2/c1-20-7-8-23(18-28(20)42(29-9-12-36-19-37-29)31-39-26-5-3-4-6-27(26)40-31)38-30(43)21-15-22(32(33,34)35)17-25(16-21)44-24-10-13-41(2)14-11-24/h3-9,12,15-19,24H,10-11,13-14H2,1-2H3,(H,38,43)(H,39,40). The molecule has 1 aliphatic heterocycles. The Balaban J connectivity index is 1.32. The third-order valence-electron chi connectivity index (χ3n) is 7.56. The number of nitrogens with zero attached hydrogens (tertiary/aromatic N) is 5. The summed E-state index contributed by atoms with van der Waals surface area (Å²) >= 11 is 0. The lowest BCUT2D eigenvalue weighted by molar-refractivity contribution is -0.137. The number of hydrogen-bond acceptors (Lipinski definition) is 7. The van der Waals surface area contributed by atoms with Crippen molar-refractivity contribution in [3.8, 4) is 5.75 Å². The highest BCUT2D eigenvalue weighted by molar-refractivity contribution is 6.05. The molecule has 3 heterocycles. The maximum absolute atomic E-state index is 13.8. The van der Waals surface area contributed by atoms with Crippen LogP contribution >= 0.6 is 0 Å². The van der Waals surface area contributed by atoms with E-state index in [9.17, 15) is 18.0 Å². The minimum Gasteiger partial charge on any atom is -0.490 e. The predicted molar refractivity (Wildman–Crippen MR) is 162 cm³/mol. The van der Waals surface area contributed by atoms with Crippen LogP contribution in [-0.4, -0.2) is 57.0 Å². The first-order valence-electron chi connectivity index (χ1n) is 14.1. The number of aryl methyl sites for hydroxylation is 1. The lowest BCUT2D eigenvalue weighted by Gasteiger charge is -2.29. The van der Waals surface area contributed by atoms with Gasteiger partial charge in [-0.2, -0.15) is 13.2 Å². The number of carbonyl (C=O) groups excluding carboxylic acids is 1. The Morgan fingerprint density at radius 3 is 2.59 bits per heavy atom. The van der Waals surface area contributed by atoms with E-state index in [0.29, 0.717) is 36.0 Å². The normalized spacial score (nSPS) is 14.5. The van der Waals surface area contributed by atoms with Gasteiger partial charge in [-0.25, -0.2) is 15.0 Å². The maximum atomic E-state index is 13.8. The van der Waals surface area contributed by atoms with Crippen molar-refractivity contribution in [2.45, 2.75) is 32.0 Å². The molecule has 5 aromatic rings. The van der Waals surface area contributed by atoms with Crippen LogP contribution in [0.4, 0.5) is 36.3 Å². The van der Waals surface area contributed by atoms with Crippen molar-refractivity contribution in [2.24, 2.45) is 0 Å². The molecule has 1 saturated heterocycles. The van der Waals surface area contributed by atoms with Crippen molar-refractivity contribution in [1.82, 2.24) is 24.8 Å². The Morgan fingerprint density at radius 1 is 1.07 bits per heavy atom. The molecule has 0 aliphatic carbocycles. The molecular weight excluding hydrogens is 571 g/mol. The average molecular weight is 602 g/mol. The van der Waals surface area contributed by atoms with Gasteiger partial charge in [0.15, 0.2) is 0 Å². The SMILES string of the molecule is Cc1ccc(NC(=O)c2cc(OC3CCN(C)CC3)cc(C(F)(F)F)c2)cc1N(c1ccncn1)c1nc2ccccc2[nH]1. The summed E-state index contributed by atoms with van der Waals surface area (Å²) < 4.78 is 47.4. The minimum absolute atomic E-state index is 0.0175. The number of alkyl halides is 3. The number of nitrogens with one attached hydrogen (secondary N) is 2. The van der Waals surface area contributed by atoms with Crippen LogP contribution in [0.15, 0.2) is 79.3 Å². The predicted octanol–water partition coefficient (Wildman–Crippen LogP) is 6.88. The molecule has 0 bridgehead atoms. The highest BCUT2D eigenvalue weighted by atomic mass is 19.4. The van der Waals surface area contributed by atoms with Crippen molar-refractivity contribution in [2.75, 3.05) is 30.4 Å². The fraction of sp³-hybridized carbons (Fsp3) is 0.250. The number of piperidine rings is 1. The number of benzene rings is 3. The van der Waals surface area contributed by atoms with Gasteiger partial charge in [-0.15, -0.1) is 0 Å². The van der Waals surface area contributed by atoms with Gasteiger partial charge in [-0.3, -0.25) is 9.69 Å². The van der Waals surface area contributed by atoms with Crippen LogP contribution < -0.4 is 15.0 Å². The van der Waals surface area contributed by atoms with E-state index in [1.54, 1.807) is 29.3 Å². The summed E-state index contributed by atoms with van der Waals surface area (Å²) in [5.74, 6) is 0.338. The molecule has 3 aromatic carbocycles. The van der Waals surface area contributed by atoms with Crippen molar-refractivity contribution in [1.29, 1.82) is 0 Å². The number of imidazole rings is 1. The first kappa shape index (κ1) is 29.1. The van der Waals surface area contributed by atoms with E-state index < -0.39 is 17.6 Å². The number of fused-ring (bicyclic) bond motifs is 1. The number of hydrogen-bond donors (Lipinski definition) is 2. The van der Waals surface area contributed by atoms with E-state index in [-0.39, 0.29) is 17.4 Å². The second-order valence-electron chi connectivity index (χ2n) is 10.8. The number of aromatic nitrogens is 4. The second kappa shape index (κ2) is 12.0. The van der Waals surface area contributed by atoms with Crippen LogP contribution in [0.2, 0.25) is 0 Å². The Bertz CT molecular complexity index is 1750. The molecule has 1 aliphatic rings. The first-order valence-corrected chi connectivity index (χ1v) is 14.1. The molecule has 1 amide bonds. The van der Waals surface area contributed by atoms with E-state index >= 15 is 0 Å². The summed E-state index contributed by atoms with van der Waals surface area (Å²) in [5, 5.41) is 2.77. The van der Waals surface area contributed by atoms with E-state index in [2.05, 4.69) is 25.2 Å². The molecule has 44 heavy (non-hydrogen) atoms. The Morgan fingerprint density at radius 2 is 1.86 bits per heavy atom. The number of carbonyl (C=O) groups is 1. The lowest BCUT2D eigenvalue weighted by Crippen LogP contribution is -2.35. The number of amides is 1. The molecule has 0 unspecified atom stereocenters. The van der Waals surface area contributed by atoms with E-state index in [1.807, 2.05) is 44.3 Å². The van der Waals surface area contributed by atoms with Crippen LogP contribution in [0.5, 0.6) is 5.75 Å². The molecule has 0 spiro atoms. The van der Waals surface area contributed by atoms with Gasteiger partial charge in [0, 0.05) is 30.5 Å². The summed E-state index contributed by atoms with van der Waals surface area (Å²) in [6.45, 7) is 3.47. The largest absolute Gasteiger partial charge is 0.490 e. The summed E-state index contributed by atoms with van der Waals surface area (Å²) in [5.41, 5.74) is 2.34. The van der Waals surface area contributed by atoms with Crippen molar-refractivity contribution in [3.63, 3.8) is 0 Å². The van der Waals surface area contributed by atoms with Crippen LogP contribution in [-0.2, 0) is 6.18 Å². The highest BCUT2D eigenvalue weighted by Crippen LogP contribution is 2.37. The molecule has 0 saturated carbocycles. The minimum atomic E-state index is -4.65. The zero-order valence-electron chi connectivity index (χ0n) is 24.1. The summed E-state index contributed by atoms with van der Waals surface area (Å²) in [6.07, 6.45) is -0.467. The van der Waals surface area contributed by atoms with Gasteiger partial charge in [0.05, 0.1) is 22.3 Å². The van der Waals surface area contributed by atoms with E-state index in [1.165, 1.54) is 12.4 Å². The summed E-state index contributed by atoms with van der Waals surface area (Å²) in [7, 11) is 1.99. The van der Waals surface area contributed by atoms with Crippen LogP contribution in [0, 0.1) is 6.92 Å². The fourth-order valence-corrected chi connectivity index (χ4v) is 5.20. The van der Waals surface area contributed by atoms with Crippen molar-refractivity contribution >= 4 is 40.1 Å². The number of aromatic amines is 1. The topological polar surface area (TPSA) is 99.3 Å². The van der Waals surface area contributed by atoms with Crippen molar-refractivity contribution in [3.05, 3.63) is 95.9 Å². The van der Waals surface area contributed by atoms with Gasteiger partial charge < -0.3 is 19.9 Å². The molecule has 12 heteroatoms. The number of halogens is 3. The number of anilines is 4. The van der Waals surface area contributed by atoms with E-state index in [4.69, 9.17) is 9.72 Å². The van der Waals surface area contributed by atoms with Crippen LogP contribution in [0.1, 0.15) is 34.3 Å². The average Bonchev–Trinajstić information content (AvgIpc) is 3.44.